The predicted molar refractivity (Wildman–Crippen MR) is 60.1 cm³/mol. The smallest absolute Gasteiger partial charge is 0.0166 e. The highest BCUT2D eigenvalue weighted by Crippen LogP contribution is 2.08. The molecule has 13 heavy (non-hydrogen) atoms. The quantitative estimate of drug-likeness (QED) is 0.674. The van der Waals surface area contributed by atoms with Crippen molar-refractivity contribution in [3.05, 3.63) is 11.6 Å². The molecule has 1 aliphatic heterocycles. The molecule has 0 aromatic heterocycles. The molecule has 0 unspecified atom stereocenters. The fraction of sp³-hybridized carbons (Fsp3) is 0.818. The predicted octanol–water partition coefficient (Wildman–Crippen LogP) is 1.88. The van der Waals surface area contributed by atoms with E-state index in [-0.39, 0.29) is 0 Å². The van der Waals surface area contributed by atoms with Crippen LogP contribution in [0, 0.1) is 0 Å². The highest BCUT2D eigenvalue weighted by Gasteiger charge is 2.06. The molecule has 0 atom stereocenters. The molecule has 2 nitrogen and oxygen atoms in total. The maximum Gasteiger partial charge on any atom is 0.0166 e. The SMILES string of the molecule is CC.CNCCN1CC=C(C)CC1. The number of nitrogens with one attached hydrogen (secondary N) is 1. The fourth-order valence-corrected chi connectivity index (χ4v) is 1.29. The summed E-state index contributed by atoms with van der Waals surface area (Å²) < 4.78 is 0. The third-order valence-corrected chi connectivity index (χ3v) is 2.20. The molecule has 0 amide bonds. The minimum Gasteiger partial charge on any atom is -0.318 e. The van der Waals surface area contributed by atoms with Gasteiger partial charge in [0.15, 0.2) is 0 Å². The van der Waals surface area contributed by atoms with E-state index in [1.165, 1.54) is 19.5 Å². The van der Waals surface area contributed by atoms with E-state index in [0.717, 1.165) is 13.1 Å². The standard InChI is InChI=1S/C9H18N2.C2H6/c1-9-3-6-11(7-4-9)8-5-10-2;1-2/h3,10H,4-8H2,1-2H3;1-2H3. The zero-order chi connectivity index (χ0) is 10.1. The number of hydrogen-bond donors (Lipinski definition) is 1. The maximum absolute atomic E-state index is 3.16. The Bertz CT molecular complexity index is 141. The monoisotopic (exact) mass is 184 g/mol. The summed E-state index contributed by atoms with van der Waals surface area (Å²) in [5, 5.41) is 3.16. The van der Waals surface area contributed by atoms with Crippen LogP contribution in [0.1, 0.15) is 27.2 Å². The molecule has 1 aliphatic rings. The molecule has 0 fully saturated rings. The van der Waals surface area contributed by atoms with E-state index in [0.29, 0.717) is 0 Å². The van der Waals surface area contributed by atoms with Crippen molar-refractivity contribution in [2.24, 2.45) is 0 Å². The largest absolute Gasteiger partial charge is 0.318 e. The van der Waals surface area contributed by atoms with Gasteiger partial charge in [-0.1, -0.05) is 25.5 Å². The Morgan fingerprint density at radius 1 is 1.46 bits per heavy atom. The maximum atomic E-state index is 3.16. The highest BCUT2D eigenvalue weighted by molar-refractivity contribution is 5.03. The first-order valence-electron chi connectivity index (χ1n) is 5.35. The Hall–Kier alpha value is -0.340. The highest BCUT2D eigenvalue weighted by atomic mass is 15.1. The van der Waals surface area contributed by atoms with Crippen LogP contribution in [-0.4, -0.2) is 38.1 Å². The number of likely N-dealkylation sites (N-methyl/N-ethyl adjacent to an activating group) is 1. The molecule has 0 aliphatic carbocycles. The lowest BCUT2D eigenvalue weighted by Crippen LogP contribution is -2.33. The van der Waals surface area contributed by atoms with Gasteiger partial charge in [-0.2, -0.15) is 0 Å². The summed E-state index contributed by atoms with van der Waals surface area (Å²) in [6.07, 6.45) is 3.59. The van der Waals surface area contributed by atoms with Crippen LogP contribution in [0.3, 0.4) is 0 Å². The van der Waals surface area contributed by atoms with Gasteiger partial charge in [-0.05, 0) is 20.4 Å². The van der Waals surface area contributed by atoms with E-state index in [9.17, 15) is 0 Å². The summed E-state index contributed by atoms with van der Waals surface area (Å²) >= 11 is 0. The Kier molecular flexibility index (Phi) is 8.05. The summed E-state index contributed by atoms with van der Waals surface area (Å²) in [7, 11) is 2.00. The van der Waals surface area contributed by atoms with Crippen molar-refractivity contribution < 1.29 is 0 Å². The normalized spacial score (nSPS) is 17.4. The molecule has 0 saturated heterocycles. The van der Waals surface area contributed by atoms with E-state index in [4.69, 9.17) is 0 Å². The van der Waals surface area contributed by atoms with E-state index in [1.807, 2.05) is 20.9 Å². The van der Waals surface area contributed by atoms with Gasteiger partial charge in [-0.3, -0.25) is 4.90 Å². The van der Waals surface area contributed by atoms with Gasteiger partial charge in [-0.25, -0.2) is 0 Å². The van der Waals surface area contributed by atoms with Crippen LogP contribution in [0.4, 0.5) is 0 Å². The number of hydrogen-bond acceptors (Lipinski definition) is 2. The van der Waals surface area contributed by atoms with Gasteiger partial charge < -0.3 is 5.32 Å². The van der Waals surface area contributed by atoms with Crippen molar-refractivity contribution in [3.63, 3.8) is 0 Å². The van der Waals surface area contributed by atoms with Gasteiger partial charge in [0.25, 0.3) is 0 Å². The lowest BCUT2D eigenvalue weighted by atomic mass is 10.1. The molecule has 0 saturated carbocycles. The van der Waals surface area contributed by atoms with E-state index in [2.05, 4.69) is 23.2 Å². The lowest BCUT2D eigenvalue weighted by Gasteiger charge is -2.24. The Balaban J connectivity index is 0.000000671. The topological polar surface area (TPSA) is 15.3 Å². The van der Waals surface area contributed by atoms with Crippen LogP contribution in [-0.2, 0) is 0 Å². The van der Waals surface area contributed by atoms with Crippen molar-refractivity contribution in [1.82, 2.24) is 10.2 Å². The molecule has 0 radical (unpaired) electrons. The summed E-state index contributed by atoms with van der Waals surface area (Å²) in [6, 6.07) is 0. The number of nitrogens with zero attached hydrogens (tertiary/aromatic N) is 1. The molecular weight excluding hydrogens is 160 g/mol. The van der Waals surface area contributed by atoms with Gasteiger partial charge in [0.1, 0.15) is 0 Å². The zero-order valence-corrected chi connectivity index (χ0v) is 9.56. The third kappa shape index (κ3) is 5.83. The van der Waals surface area contributed by atoms with E-state index >= 15 is 0 Å². The molecule has 78 valence electrons. The van der Waals surface area contributed by atoms with Crippen LogP contribution < -0.4 is 5.32 Å². The van der Waals surface area contributed by atoms with Crippen LogP contribution >= 0.6 is 0 Å². The zero-order valence-electron chi connectivity index (χ0n) is 9.56. The summed E-state index contributed by atoms with van der Waals surface area (Å²) in [4.78, 5) is 2.48. The molecule has 0 spiro atoms. The molecule has 1 heterocycles. The Morgan fingerprint density at radius 3 is 2.62 bits per heavy atom. The number of rotatable bonds is 3. The minimum absolute atomic E-state index is 1.10. The molecule has 2 heteroatoms. The van der Waals surface area contributed by atoms with Gasteiger partial charge >= 0.3 is 0 Å². The van der Waals surface area contributed by atoms with Crippen molar-refractivity contribution in [2.45, 2.75) is 27.2 Å². The van der Waals surface area contributed by atoms with Gasteiger partial charge in [0.05, 0.1) is 0 Å². The second-order valence-electron chi connectivity index (χ2n) is 3.20. The van der Waals surface area contributed by atoms with Crippen LogP contribution in [0.15, 0.2) is 11.6 Å². The minimum atomic E-state index is 1.10. The summed E-state index contributed by atoms with van der Waals surface area (Å²) in [6.45, 7) is 10.9. The first kappa shape index (κ1) is 12.7. The lowest BCUT2D eigenvalue weighted by molar-refractivity contribution is 0.296. The van der Waals surface area contributed by atoms with Crippen molar-refractivity contribution >= 4 is 0 Å². The second-order valence-corrected chi connectivity index (χ2v) is 3.20. The van der Waals surface area contributed by atoms with Gasteiger partial charge in [-0.15, -0.1) is 0 Å². The van der Waals surface area contributed by atoms with Gasteiger partial charge in [0.2, 0.25) is 0 Å². The van der Waals surface area contributed by atoms with Gasteiger partial charge in [0, 0.05) is 26.2 Å². The van der Waals surface area contributed by atoms with Crippen molar-refractivity contribution in [3.8, 4) is 0 Å². The summed E-state index contributed by atoms with van der Waals surface area (Å²) in [5.74, 6) is 0. The van der Waals surface area contributed by atoms with Crippen molar-refractivity contribution in [1.29, 1.82) is 0 Å². The summed E-state index contributed by atoms with van der Waals surface area (Å²) in [5.41, 5.74) is 1.55. The van der Waals surface area contributed by atoms with E-state index < -0.39 is 0 Å². The Labute approximate surface area is 83.0 Å². The first-order valence-corrected chi connectivity index (χ1v) is 5.35. The molecule has 1 rings (SSSR count). The van der Waals surface area contributed by atoms with Crippen LogP contribution in [0.25, 0.3) is 0 Å². The fourth-order valence-electron chi connectivity index (χ4n) is 1.29. The Morgan fingerprint density at radius 2 is 2.15 bits per heavy atom. The molecule has 0 aromatic carbocycles. The first-order chi connectivity index (χ1) is 6.33. The van der Waals surface area contributed by atoms with Crippen LogP contribution in [0.5, 0.6) is 0 Å². The second kappa shape index (κ2) is 8.27. The molecule has 0 bridgehead atoms. The average Bonchev–Trinajstić information content (AvgIpc) is 2.20. The third-order valence-electron chi connectivity index (χ3n) is 2.20. The molecular formula is C11H24N2. The molecule has 0 aromatic rings. The molecule has 1 N–H and O–H groups in total. The average molecular weight is 184 g/mol. The van der Waals surface area contributed by atoms with E-state index in [1.54, 1.807) is 5.57 Å². The van der Waals surface area contributed by atoms with Crippen LogP contribution in [0.2, 0.25) is 0 Å². The van der Waals surface area contributed by atoms with Crippen molar-refractivity contribution in [2.75, 3.05) is 33.2 Å².